The van der Waals surface area contributed by atoms with Gasteiger partial charge in [0.25, 0.3) is 5.56 Å². The van der Waals surface area contributed by atoms with Crippen molar-refractivity contribution in [3.8, 4) is 11.5 Å². The maximum absolute atomic E-state index is 12.1. The van der Waals surface area contributed by atoms with Crippen LogP contribution in [0.2, 0.25) is 0 Å². The molecule has 2 aromatic rings. The van der Waals surface area contributed by atoms with Crippen molar-refractivity contribution in [2.24, 2.45) is 7.05 Å². The summed E-state index contributed by atoms with van der Waals surface area (Å²) in [6.45, 7) is 1.17. The van der Waals surface area contributed by atoms with Crippen LogP contribution in [-0.4, -0.2) is 23.1 Å². The van der Waals surface area contributed by atoms with E-state index < -0.39 is 0 Å². The van der Waals surface area contributed by atoms with Gasteiger partial charge in [0.1, 0.15) is 4.47 Å². The molecule has 0 bridgehead atoms. The number of anilines is 1. The average Bonchev–Trinajstić information content (AvgIpc) is 3.20. The summed E-state index contributed by atoms with van der Waals surface area (Å²) in [6, 6.07) is 6.26. The van der Waals surface area contributed by atoms with Crippen molar-refractivity contribution in [3.63, 3.8) is 0 Å². The predicted octanol–water partition coefficient (Wildman–Crippen LogP) is 2.61. The second kappa shape index (κ2) is 5.56. The Bertz CT molecular complexity index is 821. The van der Waals surface area contributed by atoms with Crippen molar-refractivity contribution in [2.45, 2.75) is 18.9 Å². The van der Waals surface area contributed by atoms with Crippen LogP contribution in [0.4, 0.5) is 5.69 Å². The van der Waals surface area contributed by atoms with Gasteiger partial charge in [-0.25, -0.2) is 4.68 Å². The van der Waals surface area contributed by atoms with E-state index in [0.29, 0.717) is 4.47 Å². The lowest BCUT2D eigenvalue weighted by molar-refractivity contribution is 0.174. The molecule has 0 spiro atoms. The largest absolute Gasteiger partial charge is 0.454 e. The maximum atomic E-state index is 12.1. The first-order valence-corrected chi connectivity index (χ1v) is 8.32. The fraction of sp³-hybridized carbons (Fsp3) is 0.375. The highest BCUT2D eigenvalue weighted by molar-refractivity contribution is 9.10. The summed E-state index contributed by atoms with van der Waals surface area (Å²) in [5, 5.41) is 4.16. The summed E-state index contributed by atoms with van der Waals surface area (Å²) in [6.07, 6.45) is 3.85. The van der Waals surface area contributed by atoms with Gasteiger partial charge in [-0.05, 0) is 46.5 Å². The molecule has 3 heterocycles. The van der Waals surface area contributed by atoms with Gasteiger partial charge < -0.3 is 14.4 Å². The Morgan fingerprint density at radius 3 is 3.00 bits per heavy atom. The second-order valence-electron chi connectivity index (χ2n) is 5.74. The zero-order chi connectivity index (χ0) is 16.0. The smallest absolute Gasteiger partial charge is 0.282 e. The summed E-state index contributed by atoms with van der Waals surface area (Å²) >= 11 is 3.43. The number of hydrogen-bond donors (Lipinski definition) is 0. The highest BCUT2D eigenvalue weighted by Gasteiger charge is 2.30. The molecule has 7 heteroatoms. The van der Waals surface area contributed by atoms with Crippen molar-refractivity contribution in [1.29, 1.82) is 0 Å². The van der Waals surface area contributed by atoms with Crippen LogP contribution in [0, 0.1) is 0 Å². The molecule has 1 atom stereocenters. The van der Waals surface area contributed by atoms with Crippen molar-refractivity contribution in [1.82, 2.24) is 9.78 Å². The standard InChI is InChI=1S/C16H16BrN3O3/c1-19-16(21)15(17)12(8-18-19)20-6-2-3-11(20)10-4-5-13-14(7-10)23-9-22-13/h4-5,7-8,11H,2-3,6,9H2,1H3. The van der Waals surface area contributed by atoms with Gasteiger partial charge in [0.05, 0.1) is 17.9 Å². The minimum atomic E-state index is -0.126. The number of nitrogens with zero attached hydrogens (tertiary/aromatic N) is 3. The summed E-state index contributed by atoms with van der Waals surface area (Å²) in [5.74, 6) is 1.57. The van der Waals surface area contributed by atoms with E-state index in [1.54, 1.807) is 13.2 Å². The second-order valence-corrected chi connectivity index (χ2v) is 6.53. The van der Waals surface area contributed by atoms with Gasteiger partial charge in [-0.15, -0.1) is 0 Å². The van der Waals surface area contributed by atoms with E-state index in [-0.39, 0.29) is 18.4 Å². The zero-order valence-electron chi connectivity index (χ0n) is 12.7. The molecule has 1 fully saturated rings. The van der Waals surface area contributed by atoms with Crippen LogP contribution in [0.15, 0.2) is 33.7 Å². The van der Waals surface area contributed by atoms with Gasteiger partial charge in [0, 0.05) is 13.6 Å². The van der Waals surface area contributed by atoms with Crippen LogP contribution in [0.3, 0.4) is 0 Å². The van der Waals surface area contributed by atoms with Crippen LogP contribution in [0.25, 0.3) is 0 Å². The van der Waals surface area contributed by atoms with Gasteiger partial charge in [-0.2, -0.15) is 5.10 Å². The molecule has 4 rings (SSSR count). The molecule has 0 N–H and O–H groups in total. The van der Waals surface area contributed by atoms with Crippen LogP contribution >= 0.6 is 15.9 Å². The zero-order valence-corrected chi connectivity index (χ0v) is 14.2. The minimum Gasteiger partial charge on any atom is -0.454 e. The summed E-state index contributed by atoms with van der Waals surface area (Å²) < 4.78 is 12.8. The molecule has 1 unspecified atom stereocenters. The van der Waals surface area contributed by atoms with E-state index in [2.05, 4.69) is 32.0 Å². The first-order valence-electron chi connectivity index (χ1n) is 7.53. The van der Waals surface area contributed by atoms with Crippen molar-refractivity contribution in [2.75, 3.05) is 18.2 Å². The van der Waals surface area contributed by atoms with Gasteiger partial charge in [0.2, 0.25) is 6.79 Å². The van der Waals surface area contributed by atoms with Crippen LogP contribution < -0.4 is 19.9 Å². The quantitative estimate of drug-likeness (QED) is 0.804. The fourth-order valence-corrected chi connectivity index (χ4v) is 3.81. The number of fused-ring (bicyclic) bond motifs is 1. The normalized spacial score (nSPS) is 19.4. The third kappa shape index (κ3) is 2.39. The number of halogens is 1. The van der Waals surface area contributed by atoms with Gasteiger partial charge >= 0.3 is 0 Å². The molecule has 23 heavy (non-hydrogen) atoms. The van der Waals surface area contributed by atoms with E-state index in [0.717, 1.165) is 36.6 Å². The number of rotatable bonds is 2. The average molecular weight is 378 g/mol. The lowest BCUT2D eigenvalue weighted by Gasteiger charge is -2.27. The first-order chi connectivity index (χ1) is 11.1. The number of ether oxygens (including phenoxy) is 2. The first kappa shape index (κ1) is 14.6. The third-order valence-electron chi connectivity index (χ3n) is 4.40. The fourth-order valence-electron chi connectivity index (χ4n) is 3.22. The highest BCUT2D eigenvalue weighted by Crippen LogP contribution is 2.41. The summed E-state index contributed by atoms with van der Waals surface area (Å²) in [4.78, 5) is 14.4. The predicted molar refractivity (Wildman–Crippen MR) is 89.1 cm³/mol. The van der Waals surface area contributed by atoms with Crippen molar-refractivity contribution < 1.29 is 9.47 Å². The lowest BCUT2D eigenvalue weighted by atomic mass is 10.0. The number of aryl methyl sites for hydroxylation is 1. The topological polar surface area (TPSA) is 56.6 Å². The molecule has 1 aromatic carbocycles. The molecule has 0 radical (unpaired) electrons. The van der Waals surface area contributed by atoms with Crippen LogP contribution in [0.1, 0.15) is 24.4 Å². The number of benzene rings is 1. The van der Waals surface area contributed by atoms with Gasteiger partial charge in [-0.3, -0.25) is 4.79 Å². The Morgan fingerprint density at radius 1 is 1.30 bits per heavy atom. The minimum absolute atomic E-state index is 0.126. The van der Waals surface area contributed by atoms with E-state index in [9.17, 15) is 4.79 Å². The highest BCUT2D eigenvalue weighted by atomic mass is 79.9. The Kier molecular flexibility index (Phi) is 3.52. The molecule has 6 nitrogen and oxygen atoms in total. The molecule has 2 aliphatic rings. The molecule has 0 amide bonds. The van der Waals surface area contributed by atoms with E-state index in [4.69, 9.17) is 9.47 Å². The molecular weight excluding hydrogens is 362 g/mol. The number of aromatic nitrogens is 2. The lowest BCUT2D eigenvalue weighted by Crippen LogP contribution is -2.28. The number of hydrogen-bond acceptors (Lipinski definition) is 5. The maximum Gasteiger partial charge on any atom is 0.282 e. The van der Waals surface area contributed by atoms with Crippen LogP contribution in [-0.2, 0) is 7.05 Å². The molecule has 2 aliphatic heterocycles. The van der Waals surface area contributed by atoms with Crippen LogP contribution in [0.5, 0.6) is 11.5 Å². The Hall–Kier alpha value is -2.02. The molecule has 0 aliphatic carbocycles. The Labute approximate surface area is 141 Å². The molecule has 120 valence electrons. The van der Waals surface area contributed by atoms with E-state index >= 15 is 0 Å². The molecule has 1 aromatic heterocycles. The Morgan fingerprint density at radius 2 is 2.13 bits per heavy atom. The Balaban J connectivity index is 1.72. The summed E-state index contributed by atoms with van der Waals surface area (Å²) in [7, 11) is 1.65. The van der Waals surface area contributed by atoms with E-state index in [1.165, 1.54) is 10.2 Å². The van der Waals surface area contributed by atoms with Crippen molar-refractivity contribution in [3.05, 3.63) is 44.8 Å². The van der Waals surface area contributed by atoms with Gasteiger partial charge in [-0.1, -0.05) is 6.07 Å². The van der Waals surface area contributed by atoms with Gasteiger partial charge in [0.15, 0.2) is 11.5 Å². The summed E-state index contributed by atoms with van der Waals surface area (Å²) in [5.41, 5.74) is 1.88. The molecular formula is C16H16BrN3O3. The van der Waals surface area contributed by atoms with Crippen molar-refractivity contribution >= 4 is 21.6 Å². The SMILES string of the molecule is Cn1ncc(N2CCCC2c2ccc3c(c2)OCO3)c(Br)c1=O. The molecule has 1 saturated heterocycles. The van der Waals surface area contributed by atoms with E-state index in [1.807, 2.05) is 12.1 Å². The molecule has 0 saturated carbocycles. The monoisotopic (exact) mass is 377 g/mol. The third-order valence-corrected chi connectivity index (χ3v) is 5.15.